The number of benzene rings is 1. The molecule has 0 radical (unpaired) electrons. The molecule has 1 aliphatic heterocycles. The Balaban J connectivity index is 1.33. The van der Waals surface area contributed by atoms with Crippen molar-refractivity contribution in [2.24, 2.45) is 0 Å². The number of carbonyl (C=O) groups is 2. The van der Waals surface area contributed by atoms with Crippen LogP contribution in [0.5, 0.6) is 0 Å². The van der Waals surface area contributed by atoms with Crippen molar-refractivity contribution in [3.8, 4) is 0 Å². The first-order chi connectivity index (χ1) is 17.0. The highest BCUT2D eigenvalue weighted by atomic mass is 35.5. The van der Waals surface area contributed by atoms with Gasteiger partial charge in [0.25, 0.3) is 5.91 Å². The largest absolute Gasteiger partial charge is 0.462 e. The lowest BCUT2D eigenvalue weighted by Crippen LogP contribution is -2.60. The van der Waals surface area contributed by atoms with E-state index >= 15 is 0 Å². The Labute approximate surface area is 212 Å². The lowest BCUT2D eigenvalue weighted by atomic mass is 9.99. The third kappa shape index (κ3) is 5.14. The maximum absolute atomic E-state index is 12.9. The van der Waals surface area contributed by atoms with Crippen LogP contribution in [0.3, 0.4) is 0 Å². The molecule has 11 heteroatoms. The summed E-state index contributed by atoms with van der Waals surface area (Å²) in [5.41, 5.74) is 2.10. The fraction of sp³-hybridized carbons (Fsp3) is 0.500. The van der Waals surface area contributed by atoms with Crippen LogP contribution in [-0.2, 0) is 11.2 Å². The van der Waals surface area contributed by atoms with Crippen molar-refractivity contribution in [3.63, 3.8) is 0 Å². The Hall–Kier alpha value is -2.69. The maximum atomic E-state index is 12.9. The van der Waals surface area contributed by atoms with Crippen LogP contribution in [0, 0.1) is 0 Å². The topological polar surface area (TPSA) is 112 Å². The second-order valence-electron chi connectivity index (χ2n) is 8.94. The van der Waals surface area contributed by atoms with Crippen LogP contribution in [0.4, 0.5) is 5.13 Å². The first kappa shape index (κ1) is 24.0. The van der Waals surface area contributed by atoms with E-state index < -0.39 is 0 Å². The van der Waals surface area contributed by atoms with Crippen LogP contribution in [0.15, 0.2) is 18.2 Å². The van der Waals surface area contributed by atoms with Gasteiger partial charge in [0.05, 0.1) is 28.1 Å². The number of amides is 1. The number of carbonyl (C=O) groups excluding carboxylic acids is 2. The van der Waals surface area contributed by atoms with Crippen molar-refractivity contribution in [2.45, 2.75) is 57.7 Å². The molecule has 2 aromatic heterocycles. The number of hydrogen-bond acceptors (Lipinski definition) is 8. The summed E-state index contributed by atoms with van der Waals surface area (Å²) in [6, 6.07) is 6.04. The maximum Gasteiger partial charge on any atom is 0.339 e. The zero-order chi connectivity index (χ0) is 24.5. The number of hydrogen-bond donors (Lipinski definition) is 3. The predicted molar refractivity (Wildman–Crippen MR) is 137 cm³/mol. The van der Waals surface area contributed by atoms with Crippen molar-refractivity contribution in [3.05, 3.63) is 40.4 Å². The predicted octanol–water partition coefficient (Wildman–Crippen LogP) is 3.54. The normalized spacial score (nSPS) is 20.3. The van der Waals surface area contributed by atoms with E-state index in [9.17, 15) is 9.59 Å². The first-order valence-electron chi connectivity index (χ1n) is 12.1. The summed E-state index contributed by atoms with van der Waals surface area (Å²) in [5, 5.41) is 8.07. The number of ether oxygens (including phenoxy) is 1. The number of fused-ring (bicyclic) bond motifs is 1. The second-order valence-corrected chi connectivity index (χ2v) is 10.3. The minimum absolute atomic E-state index is 0.0437. The summed E-state index contributed by atoms with van der Waals surface area (Å²) >= 11 is 7.64. The van der Waals surface area contributed by atoms with Gasteiger partial charge in [-0.15, -0.1) is 0 Å². The average Bonchev–Trinajstić information content (AvgIpc) is 3.42. The van der Waals surface area contributed by atoms with Gasteiger partial charge in [-0.05, 0) is 44.7 Å². The van der Waals surface area contributed by atoms with Crippen LogP contribution in [0.25, 0.3) is 10.2 Å². The third-order valence-electron chi connectivity index (χ3n) is 6.42. The Morgan fingerprint density at radius 3 is 2.77 bits per heavy atom. The summed E-state index contributed by atoms with van der Waals surface area (Å²) in [6.45, 7) is 5.54. The Kier molecular flexibility index (Phi) is 6.95. The summed E-state index contributed by atoms with van der Waals surface area (Å²) < 4.78 is 6.06. The SMILES string of the molecule is CCOC(=O)c1cccc2nc(N3CC[C@@H](NC(=O)c4nc(Cl)c(CC)[nH]4)[C@@H](NC4CC4)C3)sc12. The van der Waals surface area contributed by atoms with Gasteiger partial charge in [0.1, 0.15) is 0 Å². The molecular weight excluding hydrogens is 488 g/mol. The third-order valence-corrected chi connectivity index (χ3v) is 7.90. The van der Waals surface area contributed by atoms with Gasteiger partial charge in [-0.25, -0.2) is 14.8 Å². The highest BCUT2D eigenvalue weighted by molar-refractivity contribution is 7.22. The van der Waals surface area contributed by atoms with E-state index in [1.807, 2.05) is 19.1 Å². The minimum Gasteiger partial charge on any atom is -0.462 e. The van der Waals surface area contributed by atoms with E-state index in [0.29, 0.717) is 36.3 Å². The molecule has 1 aromatic carbocycles. The quantitative estimate of drug-likeness (QED) is 0.392. The van der Waals surface area contributed by atoms with E-state index in [1.165, 1.54) is 11.3 Å². The van der Waals surface area contributed by atoms with Crippen LogP contribution in [-0.4, -0.2) is 64.7 Å². The number of halogens is 1. The number of aromatic amines is 1. The van der Waals surface area contributed by atoms with Gasteiger partial charge in [0.2, 0.25) is 0 Å². The molecule has 2 aliphatic rings. The monoisotopic (exact) mass is 516 g/mol. The molecule has 3 N–H and O–H groups in total. The second kappa shape index (κ2) is 10.1. The molecule has 2 fully saturated rings. The summed E-state index contributed by atoms with van der Waals surface area (Å²) in [4.78, 5) is 39.6. The minimum atomic E-state index is -0.327. The zero-order valence-corrected chi connectivity index (χ0v) is 21.3. The smallest absolute Gasteiger partial charge is 0.339 e. The van der Waals surface area contributed by atoms with Gasteiger partial charge in [-0.2, -0.15) is 0 Å². The molecule has 35 heavy (non-hydrogen) atoms. The van der Waals surface area contributed by atoms with Crippen molar-refractivity contribution in [2.75, 3.05) is 24.6 Å². The summed E-state index contributed by atoms with van der Waals surface area (Å²) in [6.07, 6.45) is 3.74. The molecule has 3 heterocycles. The lowest BCUT2D eigenvalue weighted by Gasteiger charge is -2.39. The molecule has 1 amide bonds. The number of piperidine rings is 1. The van der Waals surface area contributed by atoms with Crippen LogP contribution < -0.4 is 15.5 Å². The number of esters is 1. The molecule has 5 rings (SSSR count). The first-order valence-corrected chi connectivity index (χ1v) is 13.3. The molecule has 0 spiro atoms. The average molecular weight is 517 g/mol. The van der Waals surface area contributed by atoms with Gasteiger partial charge < -0.3 is 25.3 Å². The fourth-order valence-corrected chi connectivity index (χ4v) is 5.80. The number of thiazole rings is 1. The zero-order valence-electron chi connectivity index (χ0n) is 19.8. The van der Waals surface area contributed by atoms with Crippen molar-refractivity contribution < 1.29 is 14.3 Å². The van der Waals surface area contributed by atoms with Gasteiger partial charge in [-0.1, -0.05) is 35.9 Å². The summed E-state index contributed by atoms with van der Waals surface area (Å²) in [5.74, 6) is -0.323. The number of H-pyrrole nitrogens is 1. The number of aromatic nitrogens is 3. The van der Waals surface area contributed by atoms with Crippen LogP contribution in [0.1, 0.15) is 59.8 Å². The number of anilines is 1. The Bertz CT molecular complexity index is 1240. The fourth-order valence-electron chi connectivity index (χ4n) is 4.43. The van der Waals surface area contributed by atoms with Gasteiger partial charge in [0.15, 0.2) is 16.1 Å². The number of aryl methyl sites for hydroxylation is 1. The van der Waals surface area contributed by atoms with Crippen molar-refractivity contribution in [1.82, 2.24) is 25.6 Å². The molecule has 1 saturated carbocycles. The van der Waals surface area contributed by atoms with Crippen LogP contribution >= 0.6 is 22.9 Å². The molecule has 0 bridgehead atoms. The summed E-state index contributed by atoms with van der Waals surface area (Å²) in [7, 11) is 0. The molecule has 186 valence electrons. The highest BCUT2D eigenvalue weighted by Gasteiger charge is 2.36. The Morgan fingerprint density at radius 1 is 1.23 bits per heavy atom. The molecule has 2 atom stereocenters. The standard InChI is InChI=1S/C24H29ClN6O3S/c1-3-15-20(25)30-21(27-15)22(32)28-16-10-11-31(12-18(16)26-13-8-9-13)24-29-17-7-5-6-14(19(17)35-24)23(33)34-4-2/h5-7,13,16,18,26H,3-4,8-12H2,1-2H3,(H,27,30)(H,28,32)/t16-,18+/m1/s1. The number of rotatable bonds is 8. The molecular formula is C24H29ClN6O3S. The molecule has 1 saturated heterocycles. The van der Waals surface area contributed by atoms with E-state index in [1.54, 1.807) is 13.0 Å². The van der Waals surface area contributed by atoms with E-state index in [0.717, 1.165) is 46.8 Å². The molecule has 9 nitrogen and oxygen atoms in total. The molecule has 3 aromatic rings. The van der Waals surface area contributed by atoms with Crippen molar-refractivity contribution >= 4 is 50.2 Å². The van der Waals surface area contributed by atoms with Gasteiger partial charge >= 0.3 is 5.97 Å². The van der Waals surface area contributed by atoms with Crippen molar-refractivity contribution in [1.29, 1.82) is 0 Å². The molecule has 0 unspecified atom stereocenters. The van der Waals surface area contributed by atoms with Gasteiger partial charge in [-0.3, -0.25) is 4.79 Å². The van der Waals surface area contributed by atoms with Crippen LogP contribution in [0.2, 0.25) is 5.15 Å². The van der Waals surface area contributed by atoms with E-state index in [4.69, 9.17) is 21.3 Å². The number of nitrogens with one attached hydrogen (secondary N) is 3. The van der Waals surface area contributed by atoms with E-state index in [2.05, 4.69) is 25.5 Å². The van der Waals surface area contributed by atoms with Gasteiger partial charge in [0, 0.05) is 31.2 Å². The molecule has 1 aliphatic carbocycles. The lowest BCUT2D eigenvalue weighted by molar-refractivity contribution is 0.0528. The number of nitrogens with zero attached hydrogens (tertiary/aromatic N) is 3. The number of imidazole rings is 1. The highest BCUT2D eigenvalue weighted by Crippen LogP contribution is 2.34. The Morgan fingerprint density at radius 2 is 2.06 bits per heavy atom. The van der Waals surface area contributed by atoms with E-state index in [-0.39, 0.29) is 29.8 Å².